The summed E-state index contributed by atoms with van der Waals surface area (Å²) in [6, 6.07) is 0.269. The molecule has 1 N–H and O–H groups in total. The second-order valence-electron chi connectivity index (χ2n) is 6.68. The first-order valence-corrected chi connectivity index (χ1v) is 7.18. The molecule has 2 aliphatic rings. The van der Waals surface area contributed by atoms with Gasteiger partial charge in [0.15, 0.2) is 0 Å². The highest BCUT2D eigenvalue weighted by molar-refractivity contribution is 5.04. The predicted octanol–water partition coefficient (Wildman–Crippen LogP) is 2.74. The van der Waals surface area contributed by atoms with Crippen LogP contribution in [0, 0.1) is 11.8 Å². The van der Waals surface area contributed by atoms with Gasteiger partial charge in [-0.05, 0) is 38.0 Å². The Kier molecular flexibility index (Phi) is 4.27. The molecule has 1 aliphatic carbocycles. The van der Waals surface area contributed by atoms with E-state index in [-0.39, 0.29) is 18.1 Å². The smallest absolute Gasteiger partial charge is 0.251 e. The molecule has 1 heterocycles. The zero-order valence-electron chi connectivity index (χ0n) is 11.8. The van der Waals surface area contributed by atoms with Gasteiger partial charge < -0.3 is 5.32 Å². The molecule has 2 rings (SSSR count). The minimum absolute atomic E-state index is 0.0579. The van der Waals surface area contributed by atoms with E-state index in [9.17, 15) is 8.78 Å². The number of halogens is 2. The first-order chi connectivity index (χ1) is 8.40. The maximum atomic E-state index is 12.7. The van der Waals surface area contributed by atoms with Crippen molar-refractivity contribution in [2.45, 2.75) is 58.0 Å². The number of hydrogen-bond acceptors (Lipinski definition) is 2. The third-order valence-corrected chi connectivity index (χ3v) is 4.38. The maximum absolute atomic E-state index is 12.7. The van der Waals surface area contributed by atoms with E-state index in [0.29, 0.717) is 11.8 Å². The fourth-order valence-electron chi connectivity index (χ4n) is 3.25. The molecular weight excluding hydrogens is 234 g/mol. The second-order valence-corrected chi connectivity index (χ2v) is 6.68. The molecule has 2 fully saturated rings. The fourth-order valence-corrected chi connectivity index (χ4v) is 3.25. The molecule has 18 heavy (non-hydrogen) atoms. The quantitative estimate of drug-likeness (QED) is 0.817. The average Bonchev–Trinajstić information content (AvgIpc) is 3.04. The molecule has 4 heteroatoms. The average molecular weight is 260 g/mol. The predicted molar refractivity (Wildman–Crippen MR) is 70.0 cm³/mol. The molecule has 2 nitrogen and oxygen atoms in total. The van der Waals surface area contributed by atoms with Gasteiger partial charge in [0.1, 0.15) is 0 Å². The van der Waals surface area contributed by atoms with E-state index in [4.69, 9.17) is 0 Å². The largest absolute Gasteiger partial charge is 0.308 e. The lowest BCUT2D eigenvalue weighted by molar-refractivity contribution is 0.0122. The van der Waals surface area contributed by atoms with Crippen molar-refractivity contribution in [3.05, 3.63) is 0 Å². The van der Waals surface area contributed by atoms with Crippen LogP contribution >= 0.6 is 0 Å². The zero-order valence-corrected chi connectivity index (χ0v) is 11.8. The van der Waals surface area contributed by atoms with Gasteiger partial charge in [0.25, 0.3) is 6.43 Å². The van der Waals surface area contributed by atoms with Crippen molar-refractivity contribution in [1.29, 1.82) is 0 Å². The van der Waals surface area contributed by atoms with Gasteiger partial charge >= 0.3 is 0 Å². The lowest BCUT2D eigenvalue weighted by atomic mass is 9.89. The minimum Gasteiger partial charge on any atom is -0.308 e. The molecule has 0 bridgehead atoms. The zero-order chi connectivity index (χ0) is 13.3. The molecule has 0 amide bonds. The van der Waals surface area contributed by atoms with Crippen LogP contribution in [0.2, 0.25) is 0 Å². The summed E-state index contributed by atoms with van der Waals surface area (Å²) < 4.78 is 25.5. The molecule has 106 valence electrons. The summed E-state index contributed by atoms with van der Waals surface area (Å²) in [5.74, 6) is 1.25. The molecule has 1 saturated carbocycles. The van der Waals surface area contributed by atoms with Crippen LogP contribution in [0.5, 0.6) is 0 Å². The summed E-state index contributed by atoms with van der Waals surface area (Å²) in [6.45, 7) is 8.10. The lowest BCUT2D eigenvalue weighted by Gasteiger charge is -2.47. The van der Waals surface area contributed by atoms with Gasteiger partial charge in [0, 0.05) is 24.7 Å². The molecule has 1 saturated heterocycles. The highest BCUT2D eigenvalue weighted by Crippen LogP contribution is 2.41. The Morgan fingerprint density at radius 1 is 1.33 bits per heavy atom. The van der Waals surface area contributed by atoms with E-state index < -0.39 is 6.43 Å². The normalized spacial score (nSPS) is 34.5. The van der Waals surface area contributed by atoms with E-state index in [1.165, 1.54) is 12.8 Å². The topological polar surface area (TPSA) is 15.3 Å². The molecule has 2 atom stereocenters. The Labute approximate surface area is 109 Å². The van der Waals surface area contributed by atoms with Gasteiger partial charge in [-0.25, -0.2) is 8.78 Å². The van der Waals surface area contributed by atoms with Gasteiger partial charge in [0.05, 0.1) is 6.54 Å². The van der Waals surface area contributed by atoms with Gasteiger partial charge in [-0.3, -0.25) is 4.90 Å². The first-order valence-electron chi connectivity index (χ1n) is 7.18. The number of piperazine rings is 1. The summed E-state index contributed by atoms with van der Waals surface area (Å²) in [4.78, 5) is 2.03. The van der Waals surface area contributed by atoms with E-state index in [1.54, 1.807) is 0 Å². The first kappa shape index (κ1) is 14.2. The van der Waals surface area contributed by atoms with Crippen LogP contribution in [0.25, 0.3) is 0 Å². The number of rotatable bonds is 5. The molecular formula is C14H26F2N2. The molecule has 2 unspecified atom stereocenters. The molecule has 1 aliphatic heterocycles. The molecule has 0 aromatic rings. The number of alkyl halides is 2. The minimum atomic E-state index is -2.22. The SMILES string of the molecule is CC(C)CC1CNC(C)(C2CC2)CN1CC(F)F. The highest BCUT2D eigenvalue weighted by Gasteiger charge is 2.46. The summed E-state index contributed by atoms with van der Waals surface area (Å²) in [6.07, 6.45) is 1.28. The van der Waals surface area contributed by atoms with Gasteiger partial charge in [-0.1, -0.05) is 13.8 Å². The van der Waals surface area contributed by atoms with E-state index >= 15 is 0 Å². The fraction of sp³-hybridized carbons (Fsp3) is 1.00. The summed E-state index contributed by atoms with van der Waals surface area (Å²) in [7, 11) is 0. The van der Waals surface area contributed by atoms with Crippen molar-refractivity contribution in [3.8, 4) is 0 Å². The van der Waals surface area contributed by atoms with Crippen LogP contribution in [-0.4, -0.2) is 42.5 Å². The van der Waals surface area contributed by atoms with Crippen LogP contribution in [-0.2, 0) is 0 Å². The Hall–Kier alpha value is -0.220. The molecule has 0 radical (unpaired) electrons. The Balaban J connectivity index is 1.99. The summed E-state index contributed by atoms with van der Waals surface area (Å²) >= 11 is 0. The van der Waals surface area contributed by atoms with Gasteiger partial charge in [0.2, 0.25) is 0 Å². The van der Waals surface area contributed by atoms with Crippen molar-refractivity contribution >= 4 is 0 Å². The van der Waals surface area contributed by atoms with Crippen molar-refractivity contribution in [2.24, 2.45) is 11.8 Å². The number of nitrogens with zero attached hydrogens (tertiary/aromatic N) is 1. The van der Waals surface area contributed by atoms with E-state index in [2.05, 4.69) is 26.1 Å². The second kappa shape index (κ2) is 5.41. The van der Waals surface area contributed by atoms with E-state index in [0.717, 1.165) is 19.5 Å². The number of hydrogen-bond donors (Lipinski definition) is 1. The van der Waals surface area contributed by atoms with Crippen LogP contribution in [0.15, 0.2) is 0 Å². The Morgan fingerprint density at radius 2 is 2.00 bits per heavy atom. The third-order valence-electron chi connectivity index (χ3n) is 4.38. The Morgan fingerprint density at radius 3 is 2.50 bits per heavy atom. The van der Waals surface area contributed by atoms with Gasteiger partial charge in [-0.2, -0.15) is 0 Å². The van der Waals surface area contributed by atoms with Crippen molar-refractivity contribution in [1.82, 2.24) is 10.2 Å². The van der Waals surface area contributed by atoms with E-state index in [1.807, 2.05) is 4.90 Å². The van der Waals surface area contributed by atoms with Crippen molar-refractivity contribution in [3.63, 3.8) is 0 Å². The van der Waals surface area contributed by atoms with Crippen molar-refractivity contribution < 1.29 is 8.78 Å². The Bertz CT molecular complexity index is 279. The highest BCUT2D eigenvalue weighted by atomic mass is 19.3. The molecule has 0 aromatic carbocycles. The maximum Gasteiger partial charge on any atom is 0.251 e. The van der Waals surface area contributed by atoms with Crippen LogP contribution in [0.3, 0.4) is 0 Å². The standard InChI is InChI=1S/C14H26F2N2/c1-10(2)6-12-7-17-14(3,11-4-5-11)9-18(12)8-13(15)16/h10-13,17H,4-9H2,1-3H3. The van der Waals surface area contributed by atoms with Crippen LogP contribution in [0.1, 0.15) is 40.0 Å². The lowest BCUT2D eigenvalue weighted by Crippen LogP contribution is -2.64. The van der Waals surface area contributed by atoms with Crippen LogP contribution < -0.4 is 5.32 Å². The summed E-state index contributed by atoms with van der Waals surface area (Å²) in [5, 5.41) is 3.63. The summed E-state index contributed by atoms with van der Waals surface area (Å²) in [5.41, 5.74) is 0.0579. The van der Waals surface area contributed by atoms with Crippen LogP contribution in [0.4, 0.5) is 8.78 Å². The van der Waals surface area contributed by atoms with Gasteiger partial charge in [-0.15, -0.1) is 0 Å². The third kappa shape index (κ3) is 3.41. The molecule has 0 aromatic heterocycles. The number of nitrogens with one attached hydrogen (secondary N) is 1. The monoisotopic (exact) mass is 260 g/mol. The van der Waals surface area contributed by atoms with Crippen molar-refractivity contribution in [2.75, 3.05) is 19.6 Å². The molecule has 0 spiro atoms.